The van der Waals surface area contributed by atoms with Gasteiger partial charge in [0.2, 0.25) is 0 Å². The Labute approximate surface area is 217 Å². The number of ether oxygens (including phenoxy) is 1. The number of hydrogen-bond acceptors (Lipinski definition) is 4. The molecule has 1 aliphatic rings. The standard InChI is InChI=1S/C30H41NO4Si/c1-23(2)20-25-22-34-29(33)31(25)28(32)19-13-14-24(3)21-35-36(30(4,5)6,26-15-9-7-10-16-26)27-17-11-8-12-18-27/h7-13,15-19,23-25H,14,20-22H2,1-6H3/b19-13+/t24-,25+/m1/s1. The highest BCUT2D eigenvalue weighted by Crippen LogP contribution is 2.37. The van der Waals surface area contributed by atoms with Gasteiger partial charge < -0.3 is 9.16 Å². The van der Waals surface area contributed by atoms with E-state index in [1.54, 1.807) is 0 Å². The fourth-order valence-corrected chi connectivity index (χ4v) is 9.72. The third-order valence-electron chi connectivity index (χ3n) is 6.74. The van der Waals surface area contributed by atoms with Crippen LogP contribution < -0.4 is 10.4 Å². The molecule has 5 nitrogen and oxygen atoms in total. The van der Waals surface area contributed by atoms with Gasteiger partial charge >= 0.3 is 6.09 Å². The van der Waals surface area contributed by atoms with E-state index in [-0.39, 0.29) is 29.5 Å². The van der Waals surface area contributed by atoms with Gasteiger partial charge in [-0.05, 0) is 46.2 Å². The van der Waals surface area contributed by atoms with Gasteiger partial charge in [-0.1, -0.05) is 108 Å². The van der Waals surface area contributed by atoms with Gasteiger partial charge in [0, 0.05) is 6.61 Å². The van der Waals surface area contributed by atoms with Crippen LogP contribution in [0.3, 0.4) is 0 Å². The fraction of sp³-hybridized carbons (Fsp3) is 0.467. The molecule has 1 fully saturated rings. The lowest BCUT2D eigenvalue weighted by Gasteiger charge is -2.43. The van der Waals surface area contributed by atoms with Crippen molar-refractivity contribution in [2.45, 2.75) is 65.5 Å². The van der Waals surface area contributed by atoms with E-state index < -0.39 is 14.4 Å². The molecule has 0 aromatic heterocycles. The van der Waals surface area contributed by atoms with E-state index in [0.717, 1.165) is 6.42 Å². The smallest absolute Gasteiger partial charge is 0.417 e. The molecular formula is C30H41NO4Si. The molecule has 0 radical (unpaired) electrons. The van der Waals surface area contributed by atoms with Crippen LogP contribution in [-0.2, 0) is 14.0 Å². The molecule has 2 aromatic carbocycles. The van der Waals surface area contributed by atoms with Crippen LogP contribution in [0.25, 0.3) is 0 Å². The SMILES string of the molecule is CC(C)C[C@H]1COC(=O)N1C(=O)/C=C/C[C@@H](C)CO[Si](c1ccccc1)(c1ccccc1)C(C)(C)C. The van der Waals surface area contributed by atoms with Crippen LogP contribution in [0.5, 0.6) is 0 Å². The summed E-state index contributed by atoms with van der Waals surface area (Å²) in [5.74, 6) is 0.276. The molecule has 2 aromatic rings. The normalized spacial score (nSPS) is 17.6. The molecule has 1 heterocycles. The van der Waals surface area contributed by atoms with E-state index in [0.29, 0.717) is 18.9 Å². The quantitative estimate of drug-likeness (QED) is 0.313. The van der Waals surface area contributed by atoms with Crippen LogP contribution in [0, 0.1) is 11.8 Å². The number of carbonyl (C=O) groups is 2. The fourth-order valence-electron chi connectivity index (χ4n) is 5.03. The van der Waals surface area contributed by atoms with Crippen LogP contribution >= 0.6 is 0 Å². The second-order valence-corrected chi connectivity index (χ2v) is 15.6. The van der Waals surface area contributed by atoms with Crippen LogP contribution in [0.4, 0.5) is 4.79 Å². The Bertz CT molecular complexity index is 990. The summed E-state index contributed by atoms with van der Waals surface area (Å²) in [6.45, 7) is 14.0. The topological polar surface area (TPSA) is 55.8 Å². The lowest BCUT2D eigenvalue weighted by Crippen LogP contribution is -2.66. The first-order valence-corrected chi connectivity index (χ1v) is 14.9. The zero-order chi connectivity index (χ0) is 26.3. The van der Waals surface area contributed by atoms with Gasteiger partial charge in [0.15, 0.2) is 0 Å². The van der Waals surface area contributed by atoms with Gasteiger partial charge in [-0.25, -0.2) is 9.69 Å². The first-order valence-electron chi connectivity index (χ1n) is 13.0. The Balaban J connectivity index is 1.73. The number of benzene rings is 2. The summed E-state index contributed by atoms with van der Waals surface area (Å²) in [4.78, 5) is 26.1. The van der Waals surface area contributed by atoms with Gasteiger partial charge in [-0.15, -0.1) is 0 Å². The molecule has 0 unspecified atom stereocenters. The third-order valence-corrected chi connectivity index (χ3v) is 11.7. The zero-order valence-electron chi connectivity index (χ0n) is 22.6. The maximum atomic E-state index is 12.8. The van der Waals surface area contributed by atoms with Crippen molar-refractivity contribution in [1.29, 1.82) is 0 Å². The summed E-state index contributed by atoms with van der Waals surface area (Å²) in [6, 6.07) is 21.0. The maximum absolute atomic E-state index is 12.8. The van der Waals surface area contributed by atoms with Crippen molar-refractivity contribution in [2.75, 3.05) is 13.2 Å². The maximum Gasteiger partial charge on any atom is 0.417 e. The second-order valence-electron chi connectivity index (χ2n) is 11.3. The van der Waals surface area contributed by atoms with E-state index in [9.17, 15) is 9.59 Å². The number of nitrogens with zero attached hydrogens (tertiary/aromatic N) is 1. The molecule has 2 amide bonds. The third kappa shape index (κ3) is 6.34. The molecular weight excluding hydrogens is 466 g/mol. The average molecular weight is 508 g/mol. The van der Waals surface area contributed by atoms with Crippen molar-refractivity contribution >= 4 is 30.7 Å². The minimum absolute atomic E-state index is 0.0806. The summed E-state index contributed by atoms with van der Waals surface area (Å²) in [6.07, 6.45) is 4.26. The number of hydrogen-bond donors (Lipinski definition) is 0. The Morgan fingerprint density at radius 2 is 1.61 bits per heavy atom. The van der Waals surface area contributed by atoms with Crippen molar-refractivity contribution < 1.29 is 18.8 Å². The minimum atomic E-state index is -2.59. The predicted molar refractivity (Wildman–Crippen MR) is 148 cm³/mol. The van der Waals surface area contributed by atoms with Crippen LogP contribution in [0.15, 0.2) is 72.8 Å². The number of imide groups is 1. The van der Waals surface area contributed by atoms with Crippen molar-refractivity contribution in [3.8, 4) is 0 Å². The zero-order valence-corrected chi connectivity index (χ0v) is 23.6. The molecule has 36 heavy (non-hydrogen) atoms. The molecule has 194 valence electrons. The Hall–Kier alpha value is -2.70. The highest BCUT2D eigenvalue weighted by molar-refractivity contribution is 6.99. The lowest BCUT2D eigenvalue weighted by atomic mass is 10.0. The molecule has 1 saturated heterocycles. The van der Waals surface area contributed by atoms with Gasteiger partial charge in [-0.2, -0.15) is 0 Å². The second kappa shape index (κ2) is 12.0. The largest absolute Gasteiger partial charge is 0.447 e. The summed E-state index contributed by atoms with van der Waals surface area (Å²) in [7, 11) is -2.59. The van der Waals surface area contributed by atoms with E-state index in [4.69, 9.17) is 9.16 Å². The van der Waals surface area contributed by atoms with Gasteiger partial charge in [0.25, 0.3) is 14.2 Å². The highest BCUT2D eigenvalue weighted by Gasteiger charge is 2.50. The number of cyclic esters (lactones) is 1. The molecule has 6 heteroatoms. The number of rotatable bonds is 10. The van der Waals surface area contributed by atoms with Gasteiger partial charge in [-0.3, -0.25) is 4.79 Å². The Morgan fingerprint density at radius 3 is 2.11 bits per heavy atom. The van der Waals surface area contributed by atoms with Crippen molar-refractivity contribution in [2.24, 2.45) is 11.8 Å². The highest BCUT2D eigenvalue weighted by atomic mass is 28.4. The molecule has 0 aliphatic carbocycles. The van der Waals surface area contributed by atoms with E-state index in [1.807, 2.05) is 18.2 Å². The molecule has 0 spiro atoms. The molecule has 1 aliphatic heterocycles. The monoisotopic (exact) mass is 507 g/mol. The lowest BCUT2D eigenvalue weighted by molar-refractivity contribution is -0.124. The average Bonchev–Trinajstić information content (AvgIpc) is 3.19. The molecule has 0 bridgehead atoms. The first-order chi connectivity index (χ1) is 17.1. The van der Waals surface area contributed by atoms with E-state index >= 15 is 0 Å². The summed E-state index contributed by atoms with van der Waals surface area (Å²) in [5, 5.41) is 2.43. The van der Waals surface area contributed by atoms with E-state index in [1.165, 1.54) is 21.3 Å². The summed E-state index contributed by atoms with van der Waals surface area (Å²) < 4.78 is 12.1. The van der Waals surface area contributed by atoms with E-state index in [2.05, 4.69) is 90.1 Å². The number of carbonyl (C=O) groups excluding carboxylic acids is 2. The minimum Gasteiger partial charge on any atom is -0.447 e. The molecule has 0 saturated carbocycles. The van der Waals surface area contributed by atoms with Crippen LogP contribution in [0.2, 0.25) is 5.04 Å². The Kier molecular flexibility index (Phi) is 9.31. The van der Waals surface area contributed by atoms with Crippen LogP contribution in [0.1, 0.15) is 54.4 Å². The summed E-state index contributed by atoms with van der Waals surface area (Å²) >= 11 is 0. The van der Waals surface area contributed by atoms with Crippen molar-refractivity contribution in [3.05, 3.63) is 72.8 Å². The van der Waals surface area contributed by atoms with Crippen LogP contribution in [-0.4, -0.2) is 44.5 Å². The predicted octanol–water partition coefficient (Wildman–Crippen LogP) is 5.54. The molecule has 2 atom stereocenters. The van der Waals surface area contributed by atoms with Gasteiger partial charge in [0.1, 0.15) is 6.61 Å². The molecule has 0 N–H and O–H groups in total. The molecule has 3 rings (SSSR count). The van der Waals surface area contributed by atoms with Crippen molar-refractivity contribution in [1.82, 2.24) is 4.90 Å². The first kappa shape index (κ1) is 27.9. The number of allylic oxidation sites excluding steroid dienone is 1. The summed E-state index contributed by atoms with van der Waals surface area (Å²) in [5.41, 5.74) is 0. The van der Waals surface area contributed by atoms with Gasteiger partial charge in [0.05, 0.1) is 6.04 Å². The number of amides is 2. The van der Waals surface area contributed by atoms with Crippen molar-refractivity contribution in [3.63, 3.8) is 0 Å². The Morgan fingerprint density at radius 1 is 1.06 bits per heavy atom.